The topological polar surface area (TPSA) is 116 Å². The molecule has 4 aromatic heterocycles. The number of phenolic OH excluding ortho intramolecular Hbond substituents is 1. The first-order chi connectivity index (χ1) is 18.4. The summed E-state index contributed by atoms with van der Waals surface area (Å²) in [4.78, 5) is 18.7. The molecule has 4 heterocycles. The van der Waals surface area contributed by atoms with Crippen molar-refractivity contribution in [3.63, 3.8) is 0 Å². The Balaban J connectivity index is 1.38. The Labute approximate surface area is 217 Å². The number of aromatic hydroxyl groups is 1. The van der Waals surface area contributed by atoms with Gasteiger partial charge in [0.1, 0.15) is 29.6 Å². The van der Waals surface area contributed by atoms with Crippen LogP contribution in [0.5, 0.6) is 11.5 Å². The van der Waals surface area contributed by atoms with Crippen molar-refractivity contribution in [2.45, 2.75) is 0 Å². The molecule has 0 saturated heterocycles. The molecule has 0 spiro atoms. The number of pyridine rings is 2. The SMILES string of the molecule is CN(C)CCOc1cncc(-c2ccc3[nH]nc(-c4nc5nccc(-c6cc(O)cc(F)c6)c5[nH]4)c3c2)c1. The minimum atomic E-state index is -0.530. The molecule has 0 aliphatic rings. The first-order valence-electron chi connectivity index (χ1n) is 12.0. The van der Waals surface area contributed by atoms with Crippen molar-refractivity contribution < 1.29 is 14.2 Å². The van der Waals surface area contributed by atoms with Crippen LogP contribution in [0.2, 0.25) is 0 Å². The quantitative estimate of drug-likeness (QED) is 0.277. The lowest BCUT2D eigenvalue weighted by Crippen LogP contribution is -2.19. The zero-order valence-corrected chi connectivity index (χ0v) is 20.7. The lowest BCUT2D eigenvalue weighted by molar-refractivity contribution is 0.261. The van der Waals surface area contributed by atoms with E-state index in [-0.39, 0.29) is 5.75 Å². The highest BCUT2D eigenvalue weighted by atomic mass is 19.1. The lowest BCUT2D eigenvalue weighted by Gasteiger charge is -2.11. The number of nitrogens with zero attached hydrogens (tertiary/aromatic N) is 5. The number of benzene rings is 2. The van der Waals surface area contributed by atoms with Crippen LogP contribution in [0.25, 0.3) is 55.8 Å². The van der Waals surface area contributed by atoms with Gasteiger partial charge < -0.3 is 19.7 Å². The first kappa shape index (κ1) is 23.6. The van der Waals surface area contributed by atoms with Gasteiger partial charge >= 0.3 is 0 Å². The highest BCUT2D eigenvalue weighted by molar-refractivity contribution is 5.97. The fourth-order valence-electron chi connectivity index (χ4n) is 4.37. The monoisotopic (exact) mass is 509 g/mol. The molecule has 0 radical (unpaired) electrons. The van der Waals surface area contributed by atoms with Crippen LogP contribution in [-0.4, -0.2) is 67.4 Å². The summed E-state index contributed by atoms with van der Waals surface area (Å²) in [6.45, 7) is 1.38. The first-order valence-corrected chi connectivity index (χ1v) is 12.0. The van der Waals surface area contributed by atoms with Gasteiger partial charge in [-0.25, -0.2) is 14.4 Å². The van der Waals surface area contributed by atoms with Crippen molar-refractivity contribution in [2.24, 2.45) is 0 Å². The number of rotatable bonds is 7. The van der Waals surface area contributed by atoms with Crippen LogP contribution in [0, 0.1) is 5.82 Å². The Hall–Kier alpha value is -4.83. The molecule has 38 heavy (non-hydrogen) atoms. The number of phenols is 1. The number of nitrogens with one attached hydrogen (secondary N) is 2. The van der Waals surface area contributed by atoms with Crippen LogP contribution in [0.15, 0.2) is 67.1 Å². The van der Waals surface area contributed by atoms with Crippen LogP contribution >= 0.6 is 0 Å². The molecule has 0 saturated carbocycles. The minimum absolute atomic E-state index is 0.155. The number of H-pyrrole nitrogens is 2. The fraction of sp³-hybridized carbons (Fsp3) is 0.143. The maximum absolute atomic E-state index is 14.0. The number of halogens is 1. The summed E-state index contributed by atoms with van der Waals surface area (Å²) < 4.78 is 19.8. The fourth-order valence-corrected chi connectivity index (χ4v) is 4.37. The van der Waals surface area contributed by atoms with E-state index in [1.54, 1.807) is 24.7 Å². The number of hydrogen-bond acceptors (Lipinski definition) is 7. The van der Waals surface area contributed by atoms with Gasteiger partial charge in [-0.15, -0.1) is 0 Å². The Morgan fingerprint density at radius 1 is 1.00 bits per heavy atom. The predicted octanol–water partition coefficient (Wildman–Crippen LogP) is 5.02. The molecule has 9 nitrogen and oxygen atoms in total. The van der Waals surface area contributed by atoms with E-state index in [0.717, 1.165) is 34.6 Å². The molecule has 0 atom stereocenters. The van der Waals surface area contributed by atoms with E-state index in [9.17, 15) is 9.50 Å². The second-order valence-corrected chi connectivity index (χ2v) is 9.23. The molecule has 0 bridgehead atoms. The maximum Gasteiger partial charge on any atom is 0.178 e. The van der Waals surface area contributed by atoms with Gasteiger partial charge in [0.2, 0.25) is 0 Å². The molecular weight excluding hydrogens is 485 g/mol. The molecule has 190 valence electrons. The van der Waals surface area contributed by atoms with Crippen molar-refractivity contribution >= 4 is 22.1 Å². The number of aromatic amines is 2. The third-order valence-corrected chi connectivity index (χ3v) is 6.23. The van der Waals surface area contributed by atoms with Gasteiger partial charge in [0.15, 0.2) is 11.5 Å². The Morgan fingerprint density at radius 2 is 1.89 bits per heavy atom. The largest absolute Gasteiger partial charge is 0.508 e. The normalized spacial score (nSPS) is 11.6. The molecular formula is C28H24FN7O2. The van der Waals surface area contributed by atoms with Gasteiger partial charge in [-0.05, 0) is 61.6 Å². The van der Waals surface area contributed by atoms with E-state index < -0.39 is 5.82 Å². The molecule has 0 unspecified atom stereocenters. The molecule has 6 rings (SSSR count). The molecule has 10 heteroatoms. The minimum Gasteiger partial charge on any atom is -0.508 e. The number of fused-ring (bicyclic) bond motifs is 2. The number of ether oxygens (including phenoxy) is 1. The predicted molar refractivity (Wildman–Crippen MR) is 143 cm³/mol. The zero-order chi connectivity index (χ0) is 26.2. The summed E-state index contributed by atoms with van der Waals surface area (Å²) in [5.41, 5.74) is 5.60. The average Bonchev–Trinajstić information content (AvgIpc) is 3.51. The van der Waals surface area contributed by atoms with Crippen molar-refractivity contribution in [3.05, 3.63) is 72.9 Å². The van der Waals surface area contributed by atoms with Crippen molar-refractivity contribution in [1.82, 2.24) is 35.0 Å². The molecule has 0 aliphatic heterocycles. The van der Waals surface area contributed by atoms with E-state index in [1.807, 2.05) is 38.4 Å². The Kier molecular flexibility index (Phi) is 5.93. The number of hydrogen-bond donors (Lipinski definition) is 3. The summed E-state index contributed by atoms with van der Waals surface area (Å²) in [5, 5.41) is 18.3. The van der Waals surface area contributed by atoms with Gasteiger partial charge in [0.25, 0.3) is 0 Å². The Bertz CT molecular complexity index is 1760. The smallest absolute Gasteiger partial charge is 0.178 e. The lowest BCUT2D eigenvalue weighted by atomic mass is 10.0. The summed E-state index contributed by atoms with van der Waals surface area (Å²) in [6, 6.07) is 13.6. The van der Waals surface area contributed by atoms with Crippen molar-refractivity contribution in [2.75, 3.05) is 27.2 Å². The highest BCUT2D eigenvalue weighted by Crippen LogP contribution is 2.34. The summed E-state index contributed by atoms with van der Waals surface area (Å²) in [7, 11) is 4.00. The van der Waals surface area contributed by atoms with E-state index in [4.69, 9.17) is 4.74 Å². The van der Waals surface area contributed by atoms with Crippen LogP contribution < -0.4 is 4.74 Å². The van der Waals surface area contributed by atoms with Crippen LogP contribution in [0.1, 0.15) is 0 Å². The van der Waals surface area contributed by atoms with E-state index in [2.05, 4.69) is 35.0 Å². The van der Waals surface area contributed by atoms with Crippen LogP contribution in [-0.2, 0) is 0 Å². The van der Waals surface area contributed by atoms with Gasteiger partial charge in [0.05, 0.1) is 17.2 Å². The van der Waals surface area contributed by atoms with Gasteiger partial charge in [-0.2, -0.15) is 5.10 Å². The third kappa shape index (κ3) is 4.53. The highest BCUT2D eigenvalue weighted by Gasteiger charge is 2.17. The summed E-state index contributed by atoms with van der Waals surface area (Å²) in [6.07, 6.45) is 5.11. The third-order valence-electron chi connectivity index (χ3n) is 6.23. The van der Waals surface area contributed by atoms with Crippen LogP contribution in [0.4, 0.5) is 4.39 Å². The van der Waals surface area contributed by atoms with Crippen LogP contribution in [0.3, 0.4) is 0 Å². The molecule has 3 N–H and O–H groups in total. The molecule has 0 aliphatic carbocycles. The second kappa shape index (κ2) is 9.56. The number of aromatic nitrogens is 6. The van der Waals surface area contributed by atoms with E-state index >= 15 is 0 Å². The number of imidazole rings is 1. The standard InChI is InChI=1S/C28H24FN7O2/c1-36(2)7-8-38-21-11-18(14-30-15-21)16-3-4-24-23(12-16)26(35-34-24)28-32-25-22(5-6-31-27(25)33-28)17-9-19(29)13-20(37)10-17/h3-6,9-15,37H,7-8H2,1-2H3,(H,34,35)(H,31,32,33). The van der Waals surface area contributed by atoms with E-state index in [1.165, 1.54) is 12.1 Å². The Morgan fingerprint density at radius 3 is 2.74 bits per heavy atom. The molecule has 0 amide bonds. The number of likely N-dealkylation sites (N-methyl/N-ethyl adjacent to an activating group) is 1. The molecule has 0 fully saturated rings. The van der Waals surface area contributed by atoms with Gasteiger partial charge in [-0.3, -0.25) is 10.1 Å². The molecule has 2 aromatic carbocycles. The average molecular weight is 510 g/mol. The maximum atomic E-state index is 14.0. The summed E-state index contributed by atoms with van der Waals surface area (Å²) in [5.74, 6) is 0.536. The van der Waals surface area contributed by atoms with Gasteiger partial charge in [-0.1, -0.05) is 6.07 Å². The van der Waals surface area contributed by atoms with Gasteiger partial charge in [0, 0.05) is 41.5 Å². The van der Waals surface area contributed by atoms with E-state index in [0.29, 0.717) is 46.2 Å². The second-order valence-electron chi connectivity index (χ2n) is 9.23. The molecule has 6 aromatic rings. The van der Waals surface area contributed by atoms with Crippen molar-refractivity contribution in [3.8, 4) is 45.3 Å². The van der Waals surface area contributed by atoms with Crippen molar-refractivity contribution in [1.29, 1.82) is 0 Å². The zero-order valence-electron chi connectivity index (χ0n) is 20.7. The summed E-state index contributed by atoms with van der Waals surface area (Å²) >= 11 is 0.